The average molecular weight is 404 g/mol. The van der Waals surface area contributed by atoms with E-state index in [4.69, 9.17) is 14.2 Å². The fraction of sp³-hybridized carbons (Fsp3) is 0.696. The summed E-state index contributed by atoms with van der Waals surface area (Å²) in [5, 5.41) is 0. The monoisotopic (exact) mass is 403 g/mol. The van der Waals surface area contributed by atoms with Gasteiger partial charge in [-0.1, -0.05) is 31.7 Å². The summed E-state index contributed by atoms with van der Waals surface area (Å²) in [5.41, 5.74) is 1.12. The average Bonchev–Trinajstić information content (AvgIpc) is 3.06. The van der Waals surface area contributed by atoms with Gasteiger partial charge in [-0.2, -0.15) is 0 Å². The van der Waals surface area contributed by atoms with Gasteiger partial charge in [0.05, 0.1) is 26.3 Å². The van der Waals surface area contributed by atoms with Crippen LogP contribution in [-0.4, -0.2) is 63.4 Å². The molecule has 1 N–H and O–H groups in total. The Morgan fingerprint density at radius 1 is 0.966 bits per heavy atom. The summed E-state index contributed by atoms with van der Waals surface area (Å²) in [7, 11) is 0. The first-order chi connectivity index (χ1) is 14.3. The number of hydrogen-bond acceptors (Lipinski definition) is 4. The van der Waals surface area contributed by atoms with Gasteiger partial charge >= 0.3 is 0 Å². The molecule has 160 valence electrons. The zero-order valence-corrected chi connectivity index (χ0v) is 17.5. The zero-order valence-electron chi connectivity index (χ0n) is 17.5. The van der Waals surface area contributed by atoms with Crippen LogP contribution in [0.3, 0.4) is 0 Å². The number of hydrogen-bond donors (Lipinski definition) is 1. The van der Waals surface area contributed by atoms with Crippen molar-refractivity contribution < 1.29 is 23.9 Å². The largest absolute Gasteiger partial charge is 0.486 e. The minimum atomic E-state index is 0.189. The van der Waals surface area contributed by atoms with Crippen molar-refractivity contribution in [2.24, 2.45) is 5.92 Å². The molecular formula is C23H35N2O4+. The molecule has 4 rings (SSSR count). The SMILES string of the molecule is O=C(C1CCCCCC1)N(CC[NH+]1CCOCC1)Cc1ccc2c(c1)OCCO2. The standard InChI is InChI=1S/C23H34N2O4/c26-23(20-5-3-1-2-4-6-20)25(10-9-24-11-13-27-14-12-24)18-19-7-8-21-22(17-19)29-16-15-28-21/h7-8,17,20H,1-6,9-16,18H2/p+1. The van der Waals surface area contributed by atoms with Gasteiger partial charge < -0.3 is 24.0 Å². The Balaban J connectivity index is 1.45. The Hall–Kier alpha value is -1.79. The first-order valence-electron chi connectivity index (χ1n) is 11.4. The Labute approximate surface area is 174 Å². The fourth-order valence-electron chi connectivity index (χ4n) is 4.66. The Kier molecular flexibility index (Phi) is 7.28. The number of amides is 1. The van der Waals surface area contributed by atoms with E-state index in [0.717, 1.165) is 69.3 Å². The maximum Gasteiger partial charge on any atom is 0.226 e. The van der Waals surface area contributed by atoms with Crippen LogP contribution in [0.4, 0.5) is 0 Å². The van der Waals surface area contributed by atoms with Gasteiger partial charge in [-0.05, 0) is 30.5 Å². The van der Waals surface area contributed by atoms with Crippen molar-refractivity contribution in [2.75, 3.05) is 52.6 Å². The second kappa shape index (κ2) is 10.3. The highest BCUT2D eigenvalue weighted by Crippen LogP contribution is 2.31. The summed E-state index contributed by atoms with van der Waals surface area (Å²) in [4.78, 5) is 17.1. The predicted octanol–water partition coefficient (Wildman–Crippen LogP) is 1.67. The fourth-order valence-corrected chi connectivity index (χ4v) is 4.66. The van der Waals surface area contributed by atoms with Gasteiger partial charge in [-0.25, -0.2) is 0 Å². The number of rotatable bonds is 6. The maximum atomic E-state index is 13.5. The van der Waals surface area contributed by atoms with E-state index in [1.807, 2.05) is 12.1 Å². The Bertz CT molecular complexity index is 667. The highest BCUT2D eigenvalue weighted by Gasteiger charge is 2.27. The molecule has 0 spiro atoms. The number of nitrogens with one attached hydrogen (secondary N) is 1. The van der Waals surface area contributed by atoms with Crippen LogP contribution in [0.2, 0.25) is 0 Å². The molecule has 1 aromatic carbocycles. The van der Waals surface area contributed by atoms with Crippen molar-refractivity contribution in [1.29, 1.82) is 0 Å². The van der Waals surface area contributed by atoms with Crippen molar-refractivity contribution in [1.82, 2.24) is 4.90 Å². The molecule has 2 fully saturated rings. The van der Waals surface area contributed by atoms with E-state index in [2.05, 4.69) is 11.0 Å². The van der Waals surface area contributed by atoms with Crippen molar-refractivity contribution in [3.05, 3.63) is 23.8 Å². The summed E-state index contributed by atoms with van der Waals surface area (Å²) < 4.78 is 16.9. The minimum Gasteiger partial charge on any atom is -0.486 e. The third-order valence-corrected chi connectivity index (χ3v) is 6.43. The van der Waals surface area contributed by atoms with Gasteiger partial charge in [-0.15, -0.1) is 0 Å². The number of morpholine rings is 1. The lowest BCUT2D eigenvalue weighted by Crippen LogP contribution is -3.14. The number of fused-ring (bicyclic) bond motifs is 1. The topological polar surface area (TPSA) is 52.4 Å². The summed E-state index contributed by atoms with van der Waals surface area (Å²) in [5.74, 6) is 2.14. The van der Waals surface area contributed by atoms with Crippen molar-refractivity contribution in [3.8, 4) is 11.5 Å². The molecule has 6 heteroatoms. The minimum absolute atomic E-state index is 0.189. The van der Waals surface area contributed by atoms with E-state index in [1.54, 1.807) is 0 Å². The van der Waals surface area contributed by atoms with Crippen LogP contribution in [0.5, 0.6) is 11.5 Å². The lowest BCUT2D eigenvalue weighted by atomic mass is 9.98. The van der Waals surface area contributed by atoms with Crippen molar-refractivity contribution in [3.63, 3.8) is 0 Å². The van der Waals surface area contributed by atoms with Crippen LogP contribution in [0.15, 0.2) is 18.2 Å². The second-order valence-electron chi connectivity index (χ2n) is 8.54. The molecule has 0 radical (unpaired) electrons. The number of nitrogens with zero attached hydrogens (tertiary/aromatic N) is 1. The molecule has 6 nitrogen and oxygen atoms in total. The molecule has 2 heterocycles. The van der Waals surface area contributed by atoms with Gasteiger partial charge in [0.2, 0.25) is 5.91 Å². The van der Waals surface area contributed by atoms with Crippen LogP contribution >= 0.6 is 0 Å². The van der Waals surface area contributed by atoms with E-state index in [-0.39, 0.29) is 5.92 Å². The molecule has 1 amide bonds. The van der Waals surface area contributed by atoms with E-state index >= 15 is 0 Å². The van der Waals surface area contributed by atoms with Crippen LogP contribution in [0, 0.1) is 5.92 Å². The highest BCUT2D eigenvalue weighted by molar-refractivity contribution is 5.79. The third-order valence-electron chi connectivity index (χ3n) is 6.43. The van der Waals surface area contributed by atoms with Gasteiger partial charge in [0.1, 0.15) is 26.3 Å². The zero-order chi connectivity index (χ0) is 19.9. The molecule has 0 unspecified atom stereocenters. The van der Waals surface area contributed by atoms with Gasteiger partial charge in [-0.3, -0.25) is 4.79 Å². The van der Waals surface area contributed by atoms with Crippen LogP contribution in [0.1, 0.15) is 44.1 Å². The number of carbonyl (C=O) groups excluding carboxylic acids is 1. The quantitative estimate of drug-likeness (QED) is 0.735. The van der Waals surface area contributed by atoms with Crippen molar-refractivity contribution >= 4 is 5.91 Å². The van der Waals surface area contributed by atoms with Crippen LogP contribution in [0.25, 0.3) is 0 Å². The van der Waals surface area contributed by atoms with Crippen molar-refractivity contribution in [2.45, 2.75) is 45.1 Å². The number of benzene rings is 1. The number of ether oxygens (including phenoxy) is 3. The predicted molar refractivity (Wildman–Crippen MR) is 110 cm³/mol. The molecule has 3 aliphatic rings. The molecule has 0 bridgehead atoms. The van der Waals surface area contributed by atoms with Crippen LogP contribution < -0.4 is 14.4 Å². The first-order valence-corrected chi connectivity index (χ1v) is 11.4. The van der Waals surface area contributed by atoms with E-state index in [9.17, 15) is 4.79 Å². The molecule has 29 heavy (non-hydrogen) atoms. The number of quaternary nitrogens is 1. The molecule has 1 aliphatic carbocycles. The van der Waals surface area contributed by atoms with Gasteiger partial charge in [0.15, 0.2) is 11.5 Å². The number of carbonyl (C=O) groups is 1. The molecule has 2 aliphatic heterocycles. The smallest absolute Gasteiger partial charge is 0.226 e. The van der Waals surface area contributed by atoms with E-state index < -0.39 is 0 Å². The summed E-state index contributed by atoms with van der Waals surface area (Å²) in [6.45, 7) is 7.36. The maximum absolute atomic E-state index is 13.5. The first kappa shape index (κ1) is 20.5. The summed E-state index contributed by atoms with van der Waals surface area (Å²) >= 11 is 0. The molecule has 1 saturated heterocycles. The van der Waals surface area contributed by atoms with Gasteiger partial charge in [0, 0.05) is 12.5 Å². The summed E-state index contributed by atoms with van der Waals surface area (Å²) in [6, 6.07) is 6.09. The van der Waals surface area contributed by atoms with Gasteiger partial charge in [0.25, 0.3) is 0 Å². The third kappa shape index (κ3) is 5.64. The molecule has 0 aromatic heterocycles. The molecule has 0 atom stereocenters. The van der Waals surface area contributed by atoms with Crippen LogP contribution in [-0.2, 0) is 16.1 Å². The summed E-state index contributed by atoms with van der Waals surface area (Å²) in [6.07, 6.45) is 6.99. The van der Waals surface area contributed by atoms with E-state index in [0.29, 0.717) is 25.7 Å². The second-order valence-corrected chi connectivity index (χ2v) is 8.54. The molecule has 1 aromatic rings. The highest BCUT2D eigenvalue weighted by atomic mass is 16.6. The van der Waals surface area contributed by atoms with E-state index in [1.165, 1.54) is 30.6 Å². The Morgan fingerprint density at radius 2 is 1.69 bits per heavy atom. The normalized spacial score (nSPS) is 20.8. The lowest BCUT2D eigenvalue weighted by Gasteiger charge is -2.30. The lowest BCUT2D eigenvalue weighted by molar-refractivity contribution is -0.907. The molecule has 1 saturated carbocycles. The Morgan fingerprint density at radius 3 is 2.45 bits per heavy atom. The molecular weight excluding hydrogens is 368 g/mol.